The fourth-order valence-electron chi connectivity index (χ4n) is 2.70. The van der Waals surface area contributed by atoms with Crippen LogP contribution in [0.3, 0.4) is 0 Å². The molecule has 0 bridgehead atoms. The second kappa shape index (κ2) is 6.08. The van der Waals surface area contributed by atoms with Gasteiger partial charge in [0.05, 0.1) is 5.69 Å². The third kappa shape index (κ3) is 3.28. The van der Waals surface area contributed by atoms with E-state index in [0.29, 0.717) is 6.04 Å². The largest absolute Gasteiger partial charge is 0.354 e. The summed E-state index contributed by atoms with van der Waals surface area (Å²) >= 11 is 0. The molecule has 1 fully saturated rings. The number of nitrogens with zero attached hydrogens (tertiary/aromatic N) is 3. The predicted molar refractivity (Wildman–Crippen MR) is 78.3 cm³/mol. The van der Waals surface area contributed by atoms with Gasteiger partial charge in [-0.15, -0.1) is 0 Å². The van der Waals surface area contributed by atoms with E-state index in [9.17, 15) is 0 Å². The third-order valence-electron chi connectivity index (χ3n) is 4.01. The summed E-state index contributed by atoms with van der Waals surface area (Å²) in [5.74, 6) is 0.898. The zero-order valence-electron chi connectivity index (χ0n) is 12.5. The van der Waals surface area contributed by atoms with Crippen LogP contribution in [0, 0.1) is 13.8 Å². The number of aliphatic imine (C=N–C) groups is 1. The maximum absolute atomic E-state index is 4.43. The molecule has 0 amide bonds. The van der Waals surface area contributed by atoms with Gasteiger partial charge < -0.3 is 10.6 Å². The summed E-state index contributed by atoms with van der Waals surface area (Å²) in [6, 6.07) is 0.585. The molecule has 106 valence electrons. The van der Waals surface area contributed by atoms with E-state index in [1.54, 1.807) is 0 Å². The average Bonchev–Trinajstić information content (AvgIpc) is 2.97. The van der Waals surface area contributed by atoms with Crippen LogP contribution in [0.2, 0.25) is 0 Å². The van der Waals surface area contributed by atoms with Crippen LogP contribution in [0.15, 0.2) is 4.99 Å². The summed E-state index contributed by atoms with van der Waals surface area (Å²) in [7, 11) is 3.81. The Morgan fingerprint density at radius 1 is 1.37 bits per heavy atom. The van der Waals surface area contributed by atoms with E-state index in [0.717, 1.165) is 18.2 Å². The molecule has 0 radical (unpaired) electrons. The number of nitrogens with one attached hydrogen (secondary N) is 2. The lowest BCUT2D eigenvalue weighted by Gasteiger charge is -2.16. The van der Waals surface area contributed by atoms with Crippen molar-refractivity contribution < 1.29 is 0 Å². The fourth-order valence-corrected chi connectivity index (χ4v) is 2.70. The molecule has 0 spiro atoms. The Morgan fingerprint density at radius 2 is 2.05 bits per heavy atom. The van der Waals surface area contributed by atoms with Crippen LogP contribution in [0.4, 0.5) is 0 Å². The minimum absolute atomic E-state index is 0.585. The van der Waals surface area contributed by atoms with Crippen molar-refractivity contribution in [3.8, 4) is 0 Å². The van der Waals surface area contributed by atoms with Gasteiger partial charge in [0.15, 0.2) is 5.96 Å². The van der Waals surface area contributed by atoms with E-state index in [1.165, 1.54) is 36.9 Å². The molecule has 1 saturated carbocycles. The van der Waals surface area contributed by atoms with Crippen LogP contribution in [0.1, 0.15) is 42.6 Å². The molecule has 2 N–H and O–H groups in total. The molecule has 0 saturated heterocycles. The lowest BCUT2D eigenvalue weighted by Crippen LogP contribution is -2.42. The number of guanidine groups is 1. The van der Waals surface area contributed by atoms with Gasteiger partial charge in [0.1, 0.15) is 0 Å². The molecular weight excluding hydrogens is 238 g/mol. The van der Waals surface area contributed by atoms with Gasteiger partial charge in [-0.2, -0.15) is 5.10 Å². The number of aromatic nitrogens is 2. The highest BCUT2D eigenvalue weighted by molar-refractivity contribution is 5.80. The summed E-state index contributed by atoms with van der Waals surface area (Å²) < 4.78 is 1.93. The van der Waals surface area contributed by atoms with Crippen molar-refractivity contribution in [2.24, 2.45) is 12.0 Å². The van der Waals surface area contributed by atoms with Crippen LogP contribution in [0.5, 0.6) is 0 Å². The van der Waals surface area contributed by atoms with Crippen LogP contribution in [-0.2, 0) is 13.6 Å². The van der Waals surface area contributed by atoms with Gasteiger partial charge in [-0.05, 0) is 26.7 Å². The first kappa shape index (κ1) is 13.9. The molecule has 0 aliphatic heterocycles. The van der Waals surface area contributed by atoms with E-state index in [2.05, 4.69) is 34.6 Å². The van der Waals surface area contributed by atoms with E-state index in [1.807, 2.05) is 18.8 Å². The summed E-state index contributed by atoms with van der Waals surface area (Å²) in [6.07, 6.45) is 5.17. The van der Waals surface area contributed by atoms with Gasteiger partial charge in [0.25, 0.3) is 0 Å². The number of hydrogen-bond acceptors (Lipinski definition) is 2. The van der Waals surface area contributed by atoms with Gasteiger partial charge in [0.2, 0.25) is 0 Å². The minimum atomic E-state index is 0.585. The van der Waals surface area contributed by atoms with Gasteiger partial charge in [-0.1, -0.05) is 12.8 Å². The highest BCUT2D eigenvalue weighted by Crippen LogP contribution is 2.17. The maximum Gasteiger partial charge on any atom is 0.191 e. The van der Waals surface area contributed by atoms with Crippen molar-refractivity contribution in [1.82, 2.24) is 20.4 Å². The van der Waals surface area contributed by atoms with Gasteiger partial charge >= 0.3 is 0 Å². The standard InChI is InChI=1S/C14H25N5/c1-10-13(11(2)19(4)18-10)9-16-14(15-3)17-12-7-5-6-8-12/h12H,5-9H2,1-4H3,(H2,15,16,17). The first-order valence-corrected chi connectivity index (χ1v) is 7.08. The molecule has 0 atom stereocenters. The SMILES string of the molecule is CN=C(NCc1c(C)nn(C)c1C)NC1CCCC1. The summed E-state index contributed by atoms with van der Waals surface area (Å²) in [6.45, 7) is 4.93. The first-order valence-electron chi connectivity index (χ1n) is 7.08. The fraction of sp³-hybridized carbons (Fsp3) is 0.714. The lowest BCUT2D eigenvalue weighted by atomic mass is 10.2. The summed E-state index contributed by atoms with van der Waals surface area (Å²) in [5, 5.41) is 11.3. The molecule has 1 aromatic heterocycles. The lowest BCUT2D eigenvalue weighted by molar-refractivity contribution is 0.613. The van der Waals surface area contributed by atoms with E-state index in [4.69, 9.17) is 0 Å². The van der Waals surface area contributed by atoms with Crippen LogP contribution in [0.25, 0.3) is 0 Å². The normalized spacial score (nSPS) is 16.9. The van der Waals surface area contributed by atoms with Crippen LogP contribution in [-0.4, -0.2) is 28.8 Å². The van der Waals surface area contributed by atoms with Crippen molar-refractivity contribution >= 4 is 5.96 Å². The Morgan fingerprint density at radius 3 is 2.58 bits per heavy atom. The molecule has 19 heavy (non-hydrogen) atoms. The van der Waals surface area contributed by atoms with Gasteiger partial charge in [-0.25, -0.2) is 0 Å². The van der Waals surface area contributed by atoms with E-state index in [-0.39, 0.29) is 0 Å². The third-order valence-corrected chi connectivity index (χ3v) is 4.01. The maximum atomic E-state index is 4.43. The number of hydrogen-bond donors (Lipinski definition) is 2. The van der Waals surface area contributed by atoms with E-state index < -0.39 is 0 Å². The van der Waals surface area contributed by atoms with Gasteiger partial charge in [-0.3, -0.25) is 9.67 Å². The summed E-state index contributed by atoms with van der Waals surface area (Å²) in [5.41, 5.74) is 3.56. The second-order valence-corrected chi connectivity index (χ2v) is 5.32. The van der Waals surface area contributed by atoms with Crippen molar-refractivity contribution in [1.29, 1.82) is 0 Å². The Labute approximate surface area is 115 Å². The molecular formula is C14H25N5. The number of rotatable bonds is 3. The van der Waals surface area contributed by atoms with Crippen molar-refractivity contribution in [3.63, 3.8) is 0 Å². The first-order chi connectivity index (χ1) is 9.11. The average molecular weight is 263 g/mol. The summed E-state index contributed by atoms with van der Waals surface area (Å²) in [4.78, 5) is 4.30. The zero-order valence-corrected chi connectivity index (χ0v) is 12.5. The highest BCUT2D eigenvalue weighted by Gasteiger charge is 2.16. The van der Waals surface area contributed by atoms with Crippen molar-refractivity contribution in [3.05, 3.63) is 17.0 Å². The van der Waals surface area contributed by atoms with Crippen LogP contribution >= 0.6 is 0 Å². The zero-order chi connectivity index (χ0) is 13.8. The molecule has 2 rings (SSSR count). The Balaban J connectivity index is 1.92. The van der Waals surface area contributed by atoms with Gasteiger partial charge in [0, 0.05) is 37.9 Å². The minimum Gasteiger partial charge on any atom is -0.354 e. The monoisotopic (exact) mass is 263 g/mol. The Bertz CT molecular complexity index is 455. The topological polar surface area (TPSA) is 54.2 Å². The highest BCUT2D eigenvalue weighted by atomic mass is 15.3. The number of aryl methyl sites for hydroxylation is 2. The molecule has 0 unspecified atom stereocenters. The molecule has 0 aromatic carbocycles. The molecule has 1 aliphatic rings. The molecule has 1 heterocycles. The smallest absolute Gasteiger partial charge is 0.191 e. The molecule has 5 nitrogen and oxygen atoms in total. The quantitative estimate of drug-likeness (QED) is 0.644. The van der Waals surface area contributed by atoms with Crippen LogP contribution < -0.4 is 10.6 Å². The Kier molecular flexibility index (Phi) is 4.45. The molecule has 1 aliphatic carbocycles. The predicted octanol–water partition coefficient (Wildman–Crippen LogP) is 1.64. The molecule has 1 aromatic rings. The molecule has 5 heteroatoms. The second-order valence-electron chi connectivity index (χ2n) is 5.32. The van der Waals surface area contributed by atoms with Crippen molar-refractivity contribution in [2.75, 3.05) is 7.05 Å². The van der Waals surface area contributed by atoms with Crippen molar-refractivity contribution in [2.45, 2.75) is 52.1 Å². The Hall–Kier alpha value is -1.52. The van der Waals surface area contributed by atoms with E-state index >= 15 is 0 Å².